The number of esters is 1. The summed E-state index contributed by atoms with van der Waals surface area (Å²) >= 11 is 12.1. The van der Waals surface area contributed by atoms with E-state index in [9.17, 15) is 10.1 Å². The molecule has 8 heteroatoms. The Morgan fingerprint density at radius 3 is 2.50 bits per heavy atom. The lowest BCUT2D eigenvalue weighted by molar-refractivity contribution is 0.0734. The van der Waals surface area contributed by atoms with E-state index >= 15 is 0 Å². The highest BCUT2D eigenvalue weighted by Gasteiger charge is 2.31. The normalized spacial score (nSPS) is 14.2. The zero-order chi connectivity index (χ0) is 26.6. The summed E-state index contributed by atoms with van der Waals surface area (Å²) in [5.74, 6) is 0.133. The van der Waals surface area contributed by atoms with Crippen LogP contribution in [-0.4, -0.2) is 5.97 Å². The lowest BCUT2D eigenvalue weighted by Gasteiger charge is -2.27. The Morgan fingerprint density at radius 1 is 0.947 bits per heavy atom. The highest BCUT2D eigenvalue weighted by Crippen LogP contribution is 2.44. The van der Waals surface area contributed by atoms with Gasteiger partial charge in [-0.25, -0.2) is 4.79 Å². The fourth-order valence-electron chi connectivity index (χ4n) is 4.16. The smallest absolute Gasteiger partial charge is 0.345 e. The van der Waals surface area contributed by atoms with Crippen molar-refractivity contribution >= 4 is 29.2 Å². The quantitative estimate of drug-likeness (QED) is 0.208. The van der Waals surface area contributed by atoms with Gasteiger partial charge in [-0.1, -0.05) is 65.7 Å². The average Bonchev–Trinajstić information content (AvgIpc) is 2.92. The summed E-state index contributed by atoms with van der Waals surface area (Å²) in [5.41, 5.74) is 9.12. The van der Waals surface area contributed by atoms with Gasteiger partial charge in [-0.05, 0) is 53.6 Å². The zero-order valence-corrected chi connectivity index (χ0v) is 21.4. The lowest BCUT2D eigenvalue weighted by atomic mass is 9.83. The Morgan fingerprint density at radius 2 is 1.74 bits per heavy atom. The molecule has 0 saturated heterocycles. The summed E-state index contributed by atoms with van der Waals surface area (Å²) in [4.78, 5) is 12.6. The van der Waals surface area contributed by atoms with Crippen molar-refractivity contribution in [2.75, 3.05) is 0 Å². The van der Waals surface area contributed by atoms with Gasteiger partial charge in [-0.3, -0.25) is 0 Å². The number of fused-ring (bicyclic) bond motifs is 1. The van der Waals surface area contributed by atoms with E-state index in [1.807, 2.05) is 48.5 Å². The van der Waals surface area contributed by atoms with Crippen LogP contribution in [0.3, 0.4) is 0 Å². The number of rotatable bonds is 6. The third-order valence-corrected chi connectivity index (χ3v) is 6.59. The molecule has 0 fully saturated rings. The number of ether oxygens (including phenoxy) is 3. The molecule has 2 N–H and O–H groups in total. The van der Waals surface area contributed by atoms with Crippen LogP contribution in [0.4, 0.5) is 0 Å². The van der Waals surface area contributed by atoms with Crippen molar-refractivity contribution in [2.24, 2.45) is 5.73 Å². The van der Waals surface area contributed by atoms with Crippen LogP contribution < -0.4 is 19.9 Å². The van der Waals surface area contributed by atoms with Gasteiger partial charge in [0.05, 0.1) is 16.5 Å². The predicted octanol–water partition coefficient (Wildman–Crippen LogP) is 7.01. The Balaban J connectivity index is 1.42. The molecule has 0 radical (unpaired) electrons. The lowest BCUT2D eigenvalue weighted by Crippen LogP contribution is -2.21. The number of carbonyl (C=O) groups is 1. The minimum Gasteiger partial charge on any atom is -0.489 e. The maximum Gasteiger partial charge on any atom is 0.345 e. The van der Waals surface area contributed by atoms with Crippen LogP contribution in [0.5, 0.6) is 17.2 Å². The largest absolute Gasteiger partial charge is 0.489 e. The first kappa shape index (κ1) is 25.2. The molecule has 38 heavy (non-hydrogen) atoms. The Bertz CT molecular complexity index is 1590. The fourth-order valence-corrected chi connectivity index (χ4v) is 4.50. The van der Waals surface area contributed by atoms with Gasteiger partial charge in [0.2, 0.25) is 5.88 Å². The van der Waals surface area contributed by atoms with Crippen LogP contribution in [0.15, 0.2) is 102 Å². The van der Waals surface area contributed by atoms with Gasteiger partial charge in [-0.2, -0.15) is 5.26 Å². The minimum absolute atomic E-state index is 0.0212. The third kappa shape index (κ3) is 5.30. The van der Waals surface area contributed by atoms with Crippen molar-refractivity contribution in [3.8, 4) is 23.3 Å². The number of nitrogens with two attached hydrogens (primary N) is 1. The first-order valence-electron chi connectivity index (χ1n) is 11.6. The van der Waals surface area contributed by atoms with Crippen LogP contribution in [-0.2, 0) is 6.61 Å². The minimum atomic E-state index is -0.602. The van der Waals surface area contributed by atoms with Gasteiger partial charge < -0.3 is 19.9 Å². The zero-order valence-electron chi connectivity index (χ0n) is 19.9. The molecule has 4 aromatic rings. The van der Waals surface area contributed by atoms with E-state index in [-0.39, 0.29) is 27.8 Å². The van der Waals surface area contributed by atoms with E-state index in [0.717, 1.165) is 11.1 Å². The molecule has 4 aromatic carbocycles. The van der Waals surface area contributed by atoms with E-state index in [1.165, 1.54) is 0 Å². The molecule has 1 aliphatic rings. The van der Waals surface area contributed by atoms with Crippen molar-refractivity contribution in [3.63, 3.8) is 0 Å². The number of halogens is 2. The van der Waals surface area contributed by atoms with Crippen LogP contribution in [0.1, 0.15) is 33.0 Å². The Hall–Kier alpha value is -4.44. The number of benzene rings is 4. The standard InChI is InChI=1S/C30H20Cl2N2O4/c31-20-10-8-18(9-11-20)17-36-21-5-3-4-19(14-21)28-24-13-12-22(15-27(24)38-29(34)25(28)16-33)37-30(35)23-6-1-2-7-26(23)32/h1-15,28H,17,34H2. The molecule has 1 aliphatic heterocycles. The summed E-state index contributed by atoms with van der Waals surface area (Å²) in [5, 5.41) is 10.8. The molecule has 1 heterocycles. The highest BCUT2D eigenvalue weighted by atomic mass is 35.5. The third-order valence-electron chi connectivity index (χ3n) is 6.01. The van der Waals surface area contributed by atoms with Crippen LogP contribution >= 0.6 is 23.2 Å². The van der Waals surface area contributed by atoms with E-state index < -0.39 is 11.9 Å². The summed E-state index contributed by atoms with van der Waals surface area (Å²) in [6, 6.07) is 28.6. The summed E-state index contributed by atoms with van der Waals surface area (Å²) in [6.07, 6.45) is 0. The topological polar surface area (TPSA) is 94.6 Å². The van der Waals surface area contributed by atoms with Crippen LogP contribution in [0.2, 0.25) is 10.0 Å². The maximum atomic E-state index is 12.6. The first-order valence-corrected chi connectivity index (χ1v) is 12.3. The number of hydrogen-bond donors (Lipinski definition) is 1. The molecule has 0 amide bonds. The van der Waals surface area contributed by atoms with E-state index in [2.05, 4.69) is 6.07 Å². The molecule has 0 aromatic heterocycles. The molecule has 1 atom stereocenters. The molecule has 0 spiro atoms. The van der Waals surface area contributed by atoms with Gasteiger partial charge >= 0.3 is 5.97 Å². The van der Waals surface area contributed by atoms with Gasteiger partial charge in [0.25, 0.3) is 0 Å². The van der Waals surface area contributed by atoms with E-state index in [1.54, 1.807) is 42.5 Å². The number of nitriles is 1. The van der Waals surface area contributed by atoms with Crippen molar-refractivity contribution in [1.29, 1.82) is 5.26 Å². The number of carbonyl (C=O) groups excluding carboxylic acids is 1. The number of nitrogens with zero attached hydrogens (tertiary/aromatic N) is 1. The van der Waals surface area contributed by atoms with E-state index in [4.69, 9.17) is 43.1 Å². The molecular formula is C30H20Cl2N2O4. The van der Waals surface area contributed by atoms with Gasteiger partial charge in [0.15, 0.2) is 0 Å². The highest BCUT2D eigenvalue weighted by molar-refractivity contribution is 6.33. The number of allylic oxidation sites excluding steroid dienone is 1. The second-order valence-corrected chi connectivity index (χ2v) is 9.33. The molecule has 0 bridgehead atoms. The average molecular weight is 543 g/mol. The summed E-state index contributed by atoms with van der Waals surface area (Å²) < 4.78 is 17.3. The Labute approximate surface area is 229 Å². The predicted molar refractivity (Wildman–Crippen MR) is 144 cm³/mol. The van der Waals surface area contributed by atoms with Gasteiger partial charge in [0, 0.05) is 16.7 Å². The first-order chi connectivity index (χ1) is 18.4. The second kappa shape index (κ2) is 10.9. The molecule has 188 valence electrons. The SMILES string of the molecule is N#CC1=C(N)Oc2cc(OC(=O)c3ccccc3Cl)ccc2C1c1cccc(OCc2ccc(Cl)cc2)c1. The van der Waals surface area contributed by atoms with Crippen molar-refractivity contribution in [3.05, 3.63) is 135 Å². The molecule has 6 nitrogen and oxygen atoms in total. The molecule has 5 rings (SSSR count). The molecule has 0 saturated carbocycles. The molecule has 0 aliphatic carbocycles. The monoisotopic (exact) mass is 542 g/mol. The van der Waals surface area contributed by atoms with Crippen molar-refractivity contribution in [2.45, 2.75) is 12.5 Å². The summed E-state index contributed by atoms with van der Waals surface area (Å²) in [6.45, 7) is 0.355. The summed E-state index contributed by atoms with van der Waals surface area (Å²) in [7, 11) is 0. The fraction of sp³-hybridized carbons (Fsp3) is 0.0667. The van der Waals surface area contributed by atoms with Gasteiger partial charge in [-0.15, -0.1) is 0 Å². The molecule has 1 unspecified atom stereocenters. The number of hydrogen-bond acceptors (Lipinski definition) is 6. The molecular weight excluding hydrogens is 523 g/mol. The van der Waals surface area contributed by atoms with Gasteiger partial charge in [0.1, 0.15) is 35.5 Å². The van der Waals surface area contributed by atoms with Crippen LogP contribution in [0, 0.1) is 11.3 Å². The maximum absolute atomic E-state index is 12.6. The van der Waals surface area contributed by atoms with Crippen molar-refractivity contribution in [1.82, 2.24) is 0 Å². The van der Waals surface area contributed by atoms with Crippen molar-refractivity contribution < 1.29 is 19.0 Å². The second-order valence-electron chi connectivity index (χ2n) is 8.48. The Kier molecular flexibility index (Phi) is 7.23. The van der Waals surface area contributed by atoms with Crippen LogP contribution in [0.25, 0.3) is 0 Å². The van der Waals surface area contributed by atoms with E-state index in [0.29, 0.717) is 28.7 Å².